The first kappa shape index (κ1) is 17.2. The second-order valence-electron chi connectivity index (χ2n) is 5.25. The molecule has 3 N–H and O–H groups in total. The summed E-state index contributed by atoms with van der Waals surface area (Å²) in [6, 6.07) is 16.6. The molecule has 0 spiro atoms. The number of rotatable bonds is 5. The van der Waals surface area contributed by atoms with Crippen molar-refractivity contribution in [2.24, 2.45) is 0 Å². The number of amides is 2. The lowest BCUT2D eigenvalue weighted by atomic mass is 10.1. The van der Waals surface area contributed by atoms with E-state index in [4.69, 9.17) is 4.74 Å². The van der Waals surface area contributed by atoms with Crippen LogP contribution in [0.5, 0.6) is 5.75 Å². The van der Waals surface area contributed by atoms with Gasteiger partial charge in [0.05, 0.1) is 5.69 Å². The maximum Gasteiger partial charge on any atom is 0.287 e. The molecule has 1 heterocycles. The molecule has 132 valence electrons. The molecule has 3 aromatic rings. The quantitative estimate of drug-likeness (QED) is 0.611. The van der Waals surface area contributed by atoms with Crippen LogP contribution in [0.2, 0.25) is 0 Å². The number of carbonyl (C=O) groups excluding carboxylic acids is 2. The Morgan fingerprint density at radius 1 is 1.04 bits per heavy atom. The Labute approximate surface area is 148 Å². The molecule has 8 heteroatoms. The molecule has 2 aromatic carbocycles. The van der Waals surface area contributed by atoms with Crippen LogP contribution in [0.1, 0.15) is 10.5 Å². The number of benzene rings is 2. The molecule has 1 aromatic heterocycles. The third-order valence-electron chi connectivity index (χ3n) is 3.40. The predicted molar refractivity (Wildman–Crippen MR) is 91.5 cm³/mol. The summed E-state index contributed by atoms with van der Waals surface area (Å²) in [6.45, 7) is -0.445. The van der Waals surface area contributed by atoms with Gasteiger partial charge in [0.15, 0.2) is 18.2 Å². The van der Waals surface area contributed by atoms with Gasteiger partial charge in [-0.1, -0.05) is 42.5 Å². The van der Waals surface area contributed by atoms with E-state index in [9.17, 15) is 14.0 Å². The molecule has 0 fully saturated rings. The third-order valence-corrected chi connectivity index (χ3v) is 3.40. The number of nitrogens with zero attached hydrogens (tertiary/aromatic N) is 1. The van der Waals surface area contributed by atoms with Gasteiger partial charge in [-0.3, -0.25) is 25.5 Å². The molecule has 7 nitrogen and oxygen atoms in total. The highest BCUT2D eigenvalue weighted by Gasteiger charge is 2.12. The van der Waals surface area contributed by atoms with E-state index in [0.717, 1.165) is 5.56 Å². The molecule has 0 radical (unpaired) electrons. The number of halogens is 1. The molecule has 0 unspecified atom stereocenters. The van der Waals surface area contributed by atoms with Gasteiger partial charge in [0, 0.05) is 5.56 Å². The Kier molecular flexibility index (Phi) is 5.23. The minimum absolute atomic E-state index is 0.0463. The van der Waals surface area contributed by atoms with Crippen molar-refractivity contribution in [3.05, 3.63) is 72.2 Å². The minimum atomic E-state index is -0.635. The Bertz CT molecular complexity index is 912. The summed E-state index contributed by atoms with van der Waals surface area (Å²) in [6.07, 6.45) is 0. The van der Waals surface area contributed by atoms with Crippen molar-refractivity contribution in [2.75, 3.05) is 6.61 Å². The molecule has 0 aliphatic heterocycles. The predicted octanol–water partition coefficient (Wildman–Crippen LogP) is 2.06. The number of H-pyrrole nitrogens is 1. The van der Waals surface area contributed by atoms with E-state index in [1.807, 2.05) is 30.3 Å². The molecule has 0 atom stereocenters. The number of aromatic amines is 1. The van der Waals surface area contributed by atoms with Crippen LogP contribution in [0, 0.1) is 5.82 Å². The zero-order valence-corrected chi connectivity index (χ0v) is 13.5. The number of hydrogen-bond acceptors (Lipinski definition) is 4. The molecule has 2 amide bonds. The third kappa shape index (κ3) is 4.23. The topological polar surface area (TPSA) is 96.1 Å². The van der Waals surface area contributed by atoms with E-state index >= 15 is 0 Å². The lowest BCUT2D eigenvalue weighted by Gasteiger charge is -2.08. The van der Waals surface area contributed by atoms with Gasteiger partial charge in [-0.25, -0.2) is 4.39 Å². The lowest BCUT2D eigenvalue weighted by molar-refractivity contribution is -0.123. The molecule has 0 saturated heterocycles. The van der Waals surface area contributed by atoms with E-state index in [1.54, 1.807) is 12.1 Å². The van der Waals surface area contributed by atoms with E-state index in [2.05, 4.69) is 21.0 Å². The van der Waals surface area contributed by atoms with E-state index in [1.165, 1.54) is 18.2 Å². The fourth-order valence-electron chi connectivity index (χ4n) is 2.13. The van der Waals surface area contributed by atoms with Gasteiger partial charge in [0.2, 0.25) is 0 Å². The smallest absolute Gasteiger partial charge is 0.287 e. The number of hydrogen-bond donors (Lipinski definition) is 3. The first-order chi connectivity index (χ1) is 12.6. The SMILES string of the molecule is O=C(COc1ccccc1F)NNC(=O)c1cc(-c2ccccc2)n[nH]1. The Balaban J connectivity index is 1.50. The van der Waals surface area contributed by atoms with Gasteiger partial charge in [0.25, 0.3) is 11.8 Å². The number of carbonyl (C=O) groups is 2. The van der Waals surface area contributed by atoms with Gasteiger partial charge in [-0.2, -0.15) is 5.10 Å². The molecule has 0 bridgehead atoms. The second kappa shape index (κ2) is 7.93. The number of para-hydroxylation sites is 1. The molecule has 0 saturated carbocycles. The van der Waals surface area contributed by atoms with Gasteiger partial charge in [-0.05, 0) is 18.2 Å². The van der Waals surface area contributed by atoms with Crippen LogP contribution in [0.25, 0.3) is 11.3 Å². The maximum absolute atomic E-state index is 13.4. The van der Waals surface area contributed by atoms with Crippen molar-refractivity contribution in [1.29, 1.82) is 0 Å². The highest BCUT2D eigenvalue weighted by Crippen LogP contribution is 2.17. The summed E-state index contributed by atoms with van der Waals surface area (Å²) in [4.78, 5) is 23.7. The van der Waals surface area contributed by atoms with Crippen molar-refractivity contribution in [1.82, 2.24) is 21.0 Å². The summed E-state index contributed by atoms with van der Waals surface area (Å²) in [5, 5.41) is 6.65. The van der Waals surface area contributed by atoms with Crippen molar-refractivity contribution in [3.8, 4) is 17.0 Å². The summed E-state index contributed by atoms with van der Waals surface area (Å²) in [5.41, 5.74) is 6.05. The Morgan fingerprint density at radius 2 is 1.77 bits per heavy atom. The lowest BCUT2D eigenvalue weighted by Crippen LogP contribution is -2.44. The van der Waals surface area contributed by atoms with Crippen LogP contribution in [0.15, 0.2) is 60.7 Å². The summed E-state index contributed by atoms with van der Waals surface area (Å²) < 4.78 is 18.4. The average molecular weight is 354 g/mol. The molecular weight excluding hydrogens is 339 g/mol. The van der Waals surface area contributed by atoms with Crippen LogP contribution in [0.4, 0.5) is 4.39 Å². The van der Waals surface area contributed by atoms with Crippen LogP contribution in [-0.2, 0) is 4.79 Å². The molecule has 3 rings (SSSR count). The number of nitrogens with one attached hydrogen (secondary N) is 3. The van der Waals surface area contributed by atoms with Crippen LogP contribution < -0.4 is 15.6 Å². The highest BCUT2D eigenvalue weighted by atomic mass is 19.1. The molecule has 0 aliphatic rings. The van der Waals surface area contributed by atoms with E-state index < -0.39 is 24.2 Å². The first-order valence-corrected chi connectivity index (χ1v) is 7.71. The highest BCUT2D eigenvalue weighted by molar-refractivity contribution is 5.94. The normalized spacial score (nSPS) is 10.2. The zero-order valence-electron chi connectivity index (χ0n) is 13.5. The summed E-state index contributed by atoms with van der Waals surface area (Å²) in [7, 11) is 0. The summed E-state index contributed by atoms with van der Waals surface area (Å²) >= 11 is 0. The number of aromatic nitrogens is 2. The van der Waals surface area contributed by atoms with E-state index in [0.29, 0.717) is 5.69 Å². The van der Waals surface area contributed by atoms with Crippen molar-refractivity contribution in [3.63, 3.8) is 0 Å². The number of ether oxygens (including phenoxy) is 1. The zero-order chi connectivity index (χ0) is 18.4. The minimum Gasteiger partial charge on any atom is -0.481 e. The standard InChI is InChI=1S/C18H15FN4O3/c19-13-8-4-5-9-16(13)26-11-17(24)22-23-18(25)15-10-14(20-21-15)12-6-2-1-3-7-12/h1-10H,11H2,(H,20,21)(H,22,24)(H,23,25). The van der Waals surface area contributed by atoms with Crippen LogP contribution in [0.3, 0.4) is 0 Å². The molecule has 26 heavy (non-hydrogen) atoms. The fourth-order valence-corrected chi connectivity index (χ4v) is 2.13. The number of hydrazine groups is 1. The molecule has 0 aliphatic carbocycles. The van der Waals surface area contributed by atoms with Gasteiger partial charge >= 0.3 is 0 Å². The van der Waals surface area contributed by atoms with Gasteiger partial charge in [0.1, 0.15) is 5.69 Å². The van der Waals surface area contributed by atoms with E-state index in [-0.39, 0.29) is 11.4 Å². The van der Waals surface area contributed by atoms with Crippen LogP contribution in [-0.4, -0.2) is 28.6 Å². The first-order valence-electron chi connectivity index (χ1n) is 7.71. The monoisotopic (exact) mass is 354 g/mol. The van der Waals surface area contributed by atoms with Crippen molar-refractivity contribution < 1.29 is 18.7 Å². The fraction of sp³-hybridized carbons (Fsp3) is 0.0556. The van der Waals surface area contributed by atoms with Crippen molar-refractivity contribution >= 4 is 11.8 Å². The van der Waals surface area contributed by atoms with Gasteiger partial charge < -0.3 is 4.74 Å². The van der Waals surface area contributed by atoms with Crippen molar-refractivity contribution in [2.45, 2.75) is 0 Å². The van der Waals surface area contributed by atoms with Gasteiger partial charge in [-0.15, -0.1) is 0 Å². The maximum atomic E-state index is 13.4. The second-order valence-corrected chi connectivity index (χ2v) is 5.25. The molecular formula is C18H15FN4O3. The Morgan fingerprint density at radius 3 is 2.54 bits per heavy atom. The largest absolute Gasteiger partial charge is 0.481 e. The summed E-state index contributed by atoms with van der Waals surface area (Å²) in [5.74, 6) is -1.83. The Hall–Kier alpha value is -3.68. The average Bonchev–Trinajstić information content (AvgIpc) is 3.16. The van der Waals surface area contributed by atoms with Crippen LogP contribution >= 0.6 is 0 Å².